The fraction of sp³-hybridized carbons (Fsp3) is 0. The summed E-state index contributed by atoms with van der Waals surface area (Å²) in [5, 5.41) is 20.7. The smallest absolute Gasteiger partial charge is 0.363 e. The first-order valence-electron chi connectivity index (χ1n) is 5.87. The van der Waals surface area contributed by atoms with E-state index in [0.717, 1.165) is 5.69 Å². The number of anilines is 2. The van der Waals surface area contributed by atoms with Gasteiger partial charge in [-0.2, -0.15) is 4.68 Å². The number of nitrogen functional groups attached to an aromatic ring is 2. The monoisotopic (exact) mass is 352 g/mol. The van der Waals surface area contributed by atoms with Crippen LogP contribution in [0.1, 0.15) is 0 Å². The summed E-state index contributed by atoms with van der Waals surface area (Å²) in [6, 6.07) is 6.18. The van der Waals surface area contributed by atoms with Crippen LogP contribution in [0.15, 0.2) is 43.0 Å². The predicted octanol–water partition coefficient (Wildman–Crippen LogP) is 0.209. The predicted molar refractivity (Wildman–Crippen MR) is 76.7 cm³/mol. The molecule has 0 fully saturated rings. The molecule has 12 heteroatoms. The van der Waals surface area contributed by atoms with Gasteiger partial charge in [0, 0.05) is 24.6 Å². The molecule has 3 aromatic rings. The Morgan fingerprint density at radius 1 is 1.09 bits per heavy atom. The molecule has 0 aliphatic carbocycles. The van der Waals surface area contributed by atoms with Crippen LogP contribution in [0.4, 0.5) is 17.3 Å². The number of pyridine rings is 2. The van der Waals surface area contributed by atoms with Gasteiger partial charge in [0.05, 0.1) is 17.6 Å². The fourth-order valence-corrected chi connectivity index (χ4v) is 1.32. The van der Waals surface area contributed by atoms with Gasteiger partial charge in [0.1, 0.15) is 12.1 Å². The van der Waals surface area contributed by atoms with Crippen LogP contribution in [-0.4, -0.2) is 35.1 Å². The molecule has 117 valence electrons. The van der Waals surface area contributed by atoms with Gasteiger partial charge in [-0.1, -0.05) is 0 Å². The summed E-state index contributed by atoms with van der Waals surface area (Å²) >= 11 is 0. The maximum atomic E-state index is 10.0. The van der Waals surface area contributed by atoms with E-state index in [1.54, 1.807) is 18.3 Å². The number of aromatic nitrogens is 6. The van der Waals surface area contributed by atoms with Crippen molar-refractivity contribution in [2.75, 3.05) is 11.5 Å². The Morgan fingerprint density at radius 2 is 1.87 bits per heavy atom. The third-order valence-electron chi connectivity index (χ3n) is 2.34. The Balaban J connectivity index is 0.000000224. The van der Waals surface area contributed by atoms with E-state index in [0.29, 0.717) is 11.5 Å². The number of nitrogens with two attached hydrogens (primary N) is 2. The third-order valence-corrected chi connectivity index (χ3v) is 2.34. The van der Waals surface area contributed by atoms with E-state index in [-0.39, 0.29) is 24.4 Å². The van der Waals surface area contributed by atoms with Crippen molar-refractivity contribution in [3.63, 3.8) is 0 Å². The topological polar surface area (TPSA) is 165 Å². The molecular weight excluding hydrogens is 341 g/mol. The van der Waals surface area contributed by atoms with E-state index in [4.69, 9.17) is 11.5 Å². The van der Waals surface area contributed by atoms with Crippen molar-refractivity contribution in [1.82, 2.24) is 30.2 Å². The minimum Gasteiger partial charge on any atom is -0.396 e. The van der Waals surface area contributed by atoms with Crippen molar-refractivity contribution in [2.24, 2.45) is 0 Å². The van der Waals surface area contributed by atoms with Crippen LogP contribution < -0.4 is 11.5 Å². The minimum absolute atomic E-state index is 0. The fourth-order valence-electron chi connectivity index (χ4n) is 1.32. The van der Waals surface area contributed by atoms with E-state index in [1.165, 1.54) is 29.3 Å². The number of rotatable bonds is 2. The standard InChI is InChI=1S/C6H6N6.C5H5N3O2.V/c7-6-2-1-5(3-8-6)12-4-9-10-11-12;6-4-1-2-5(7-3-4)8(9)10;/h1-4H,(H2,7,8);1-3H,6H2;. The van der Waals surface area contributed by atoms with E-state index < -0.39 is 4.92 Å². The van der Waals surface area contributed by atoms with Crippen molar-refractivity contribution in [3.8, 4) is 5.69 Å². The molecule has 0 spiro atoms. The summed E-state index contributed by atoms with van der Waals surface area (Å²) < 4.78 is 1.51. The van der Waals surface area contributed by atoms with Crippen LogP contribution in [0.25, 0.3) is 5.69 Å². The van der Waals surface area contributed by atoms with E-state index in [9.17, 15) is 10.1 Å². The molecule has 0 unspecified atom stereocenters. The summed E-state index contributed by atoms with van der Waals surface area (Å²) in [5.74, 6) is 0.293. The number of nitro groups is 1. The van der Waals surface area contributed by atoms with Gasteiger partial charge in [0.2, 0.25) is 0 Å². The number of tetrazole rings is 1. The molecule has 3 rings (SSSR count). The van der Waals surface area contributed by atoms with E-state index in [2.05, 4.69) is 25.5 Å². The van der Waals surface area contributed by atoms with E-state index in [1.807, 2.05) is 0 Å². The van der Waals surface area contributed by atoms with Crippen LogP contribution in [0.2, 0.25) is 0 Å². The van der Waals surface area contributed by atoms with Gasteiger partial charge in [0.15, 0.2) is 6.20 Å². The summed E-state index contributed by atoms with van der Waals surface area (Å²) in [7, 11) is 0. The van der Waals surface area contributed by atoms with Crippen molar-refractivity contribution in [3.05, 3.63) is 53.1 Å². The summed E-state index contributed by atoms with van der Waals surface area (Å²) in [4.78, 5) is 16.8. The quantitative estimate of drug-likeness (QED) is 0.484. The molecule has 3 heterocycles. The van der Waals surface area contributed by atoms with Gasteiger partial charge in [-0.3, -0.25) is 0 Å². The molecule has 1 radical (unpaired) electrons. The van der Waals surface area contributed by atoms with Gasteiger partial charge in [-0.25, -0.2) is 4.98 Å². The van der Waals surface area contributed by atoms with Crippen molar-refractivity contribution in [1.29, 1.82) is 0 Å². The molecule has 4 N–H and O–H groups in total. The second-order valence-electron chi connectivity index (χ2n) is 3.90. The molecule has 0 saturated heterocycles. The molecule has 0 amide bonds. The molecule has 11 nitrogen and oxygen atoms in total. The number of hydrogen-bond donors (Lipinski definition) is 2. The Labute approximate surface area is 141 Å². The Bertz CT molecular complexity index is 731. The second kappa shape index (κ2) is 8.41. The van der Waals surface area contributed by atoms with Gasteiger partial charge in [-0.15, -0.1) is 5.10 Å². The van der Waals surface area contributed by atoms with Crippen LogP contribution in [0, 0.1) is 10.1 Å². The zero-order valence-electron chi connectivity index (χ0n) is 11.6. The largest absolute Gasteiger partial charge is 0.396 e. The SMILES string of the molecule is Nc1ccc(-n2cnnn2)cn1.Nc1ccc([N+](=O)[O-])nc1.[V]. The first-order valence-corrected chi connectivity index (χ1v) is 5.87. The molecule has 0 bridgehead atoms. The minimum atomic E-state index is -0.570. The Hall–Kier alpha value is -3.05. The maximum absolute atomic E-state index is 10.0. The van der Waals surface area contributed by atoms with Crippen LogP contribution in [0.5, 0.6) is 0 Å². The number of hydrogen-bond acceptors (Lipinski definition) is 9. The average molecular weight is 352 g/mol. The van der Waals surface area contributed by atoms with Crippen LogP contribution >= 0.6 is 0 Å². The van der Waals surface area contributed by atoms with Gasteiger partial charge >= 0.3 is 5.82 Å². The van der Waals surface area contributed by atoms with Crippen LogP contribution in [0.3, 0.4) is 0 Å². The van der Waals surface area contributed by atoms with Crippen molar-refractivity contribution >= 4 is 17.3 Å². The Kier molecular flexibility index (Phi) is 6.58. The molecule has 3 aromatic heterocycles. The second-order valence-corrected chi connectivity index (χ2v) is 3.90. The van der Waals surface area contributed by atoms with Gasteiger partial charge in [0.25, 0.3) is 0 Å². The van der Waals surface area contributed by atoms with Gasteiger partial charge < -0.3 is 21.6 Å². The first-order chi connectivity index (χ1) is 10.6. The zero-order valence-corrected chi connectivity index (χ0v) is 13.0. The third kappa shape index (κ3) is 5.34. The summed E-state index contributed by atoms with van der Waals surface area (Å²) in [6.45, 7) is 0. The van der Waals surface area contributed by atoms with Crippen molar-refractivity contribution < 1.29 is 23.5 Å². The average Bonchev–Trinajstić information content (AvgIpc) is 3.03. The molecule has 23 heavy (non-hydrogen) atoms. The van der Waals surface area contributed by atoms with Crippen molar-refractivity contribution in [2.45, 2.75) is 0 Å². The van der Waals surface area contributed by atoms with Crippen LogP contribution in [-0.2, 0) is 18.6 Å². The molecule has 0 atom stereocenters. The summed E-state index contributed by atoms with van der Waals surface area (Å²) in [6.07, 6.45) is 4.34. The Morgan fingerprint density at radius 3 is 2.35 bits per heavy atom. The molecule has 0 saturated carbocycles. The number of nitrogens with zero attached hydrogens (tertiary/aromatic N) is 7. The molecule has 0 aliphatic rings. The molecular formula is C11H11N9O2V. The zero-order chi connectivity index (χ0) is 15.9. The first kappa shape index (κ1) is 18.0. The maximum Gasteiger partial charge on any atom is 0.363 e. The molecule has 0 aliphatic heterocycles. The van der Waals surface area contributed by atoms with E-state index >= 15 is 0 Å². The molecule has 0 aromatic carbocycles. The summed E-state index contributed by atoms with van der Waals surface area (Å²) in [5.41, 5.74) is 11.9. The normalized spacial score (nSPS) is 9.22. The van der Waals surface area contributed by atoms with Gasteiger partial charge in [-0.05, 0) is 38.5 Å².